The molecule has 3 heteroatoms. The first kappa shape index (κ1) is 18.0. The summed E-state index contributed by atoms with van der Waals surface area (Å²) in [5.41, 5.74) is 1.07. The molecule has 0 fully saturated rings. The fraction of sp³-hybridized carbons (Fsp3) is 0.812. The first-order chi connectivity index (χ1) is 8.71. The third kappa shape index (κ3) is 7.91. The smallest absolute Gasteiger partial charge is 0.410 e. The van der Waals surface area contributed by atoms with Gasteiger partial charge in [0.1, 0.15) is 0 Å². The Morgan fingerprint density at radius 1 is 1.37 bits per heavy atom. The maximum Gasteiger partial charge on any atom is 0.410 e. The summed E-state index contributed by atoms with van der Waals surface area (Å²) in [5.74, 6) is 0.670. The topological polar surface area (TPSA) is 29.5 Å². The van der Waals surface area contributed by atoms with Gasteiger partial charge in [0.15, 0.2) is 0 Å². The number of nitrogens with zero attached hydrogens (tertiary/aromatic N) is 1. The highest BCUT2D eigenvalue weighted by atomic mass is 16.6. The van der Waals surface area contributed by atoms with Crippen LogP contribution in [-0.4, -0.2) is 30.7 Å². The summed E-state index contributed by atoms with van der Waals surface area (Å²) in [7, 11) is 0. The average molecular weight is 269 g/mol. The van der Waals surface area contributed by atoms with Crippen LogP contribution in [0.25, 0.3) is 0 Å². The van der Waals surface area contributed by atoms with Crippen LogP contribution in [0, 0.1) is 11.3 Å². The highest BCUT2D eigenvalue weighted by Crippen LogP contribution is 2.28. The molecule has 0 aliphatic rings. The standard InChI is InChI=1S/C16H31NO2/c1-8-14(5)10-16(6,7)12-17(11-13(3)4)15(18)19-9-2/h14H,3,8-12H2,1-2,4-7H3. The van der Waals surface area contributed by atoms with Crippen molar-refractivity contribution < 1.29 is 9.53 Å². The minimum Gasteiger partial charge on any atom is -0.450 e. The number of carbonyl (C=O) groups excluding carboxylic acids is 1. The number of rotatable bonds is 8. The van der Waals surface area contributed by atoms with Gasteiger partial charge in [0.2, 0.25) is 0 Å². The Kier molecular flexibility index (Phi) is 7.81. The first-order valence-electron chi connectivity index (χ1n) is 7.28. The van der Waals surface area contributed by atoms with E-state index in [-0.39, 0.29) is 11.5 Å². The maximum absolute atomic E-state index is 12.0. The van der Waals surface area contributed by atoms with E-state index in [2.05, 4.69) is 34.3 Å². The molecule has 1 atom stereocenters. The van der Waals surface area contributed by atoms with E-state index in [9.17, 15) is 4.79 Å². The summed E-state index contributed by atoms with van der Waals surface area (Å²) in [6.07, 6.45) is 2.04. The van der Waals surface area contributed by atoms with Gasteiger partial charge in [0.05, 0.1) is 6.61 Å². The Hall–Kier alpha value is -0.990. The van der Waals surface area contributed by atoms with E-state index >= 15 is 0 Å². The summed E-state index contributed by atoms with van der Waals surface area (Å²) in [6, 6.07) is 0. The van der Waals surface area contributed by atoms with Gasteiger partial charge >= 0.3 is 6.09 Å². The normalized spacial score (nSPS) is 12.9. The zero-order chi connectivity index (χ0) is 15.1. The van der Waals surface area contributed by atoms with E-state index in [4.69, 9.17) is 4.74 Å². The molecule has 0 aromatic heterocycles. The van der Waals surface area contributed by atoms with Gasteiger partial charge < -0.3 is 9.64 Å². The van der Waals surface area contributed by atoms with Crippen molar-refractivity contribution in [2.45, 2.75) is 54.4 Å². The zero-order valence-electron chi connectivity index (χ0n) is 13.6. The summed E-state index contributed by atoms with van der Waals surface area (Å²) >= 11 is 0. The fourth-order valence-corrected chi connectivity index (χ4v) is 2.39. The molecule has 0 aromatic rings. The van der Waals surface area contributed by atoms with E-state index in [1.165, 1.54) is 6.42 Å². The molecule has 0 rings (SSSR count). The second-order valence-corrected chi connectivity index (χ2v) is 6.39. The molecule has 0 spiro atoms. The zero-order valence-corrected chi connectivity index (χ0v) is 13.6. The molecule has 0 aromatic carbocycles. The van der Waals surface area contributed by atoms with Gasteiger partial charge in [-0.1, -0.05) is 46.3 Å². The van der Waals surface area contributed by atoms with Crippen LogP contribution in [0.15, 0.2) is 12.2 Å². The number of hydrogen-bond donors (Lipinski definition) is 0. The van der Waals surface area contributed by atoms with Crippen molar-refractivity contribution in [1.82, 2.24) is 4.90 Å². The highest BCUT2D eigenvalue weighted by Gasteiger charge is 2.27. The number of carbonyl (C=O) groups is 1. The minimum atomic E-state index is -0.234. The summed E-state index contributed by atoms with van der Waals surface area (Å²) in [5, 5.41) is 0. The van der Waals surface area contributed by atoms with Crippen LogP contribution in [0.4, 0.5) is 4.79 Å². The molecule has 1 amide bonds. The van der Waals surface area contributed by atoms with E-state index in [0.717, 1.165) is 12.0 Å². The van der Waals surface area contributed by atoms with Gasteiger partial charge in [0.25, 0.3) is 0 Å². The molecule has 0 heterocycles. The molecule has 0 N–H and O–H groups in total. The lowest BCUT2D eigenvalue weighted by Crippen LogP contribution is -2.40. The van der Waals surface area contributed by atoms with Crippen LogP contribution in [0.5, 0.6) is 0 Å². The Morgan fingerprint density at radius 3 is 2.37 bits per heavy atom. The van der Waals surface area contributed by atoms with Crippen molar-refractivity contribution in [3.8, 4) is 0 Å². The molecule has 1 unspecified atom stereocenters. The van der Waals surface area contributed by atoms with Gasteiger partial charge in [-0.2, -0.15) is 0 Å². The summed E-state index contributed by atoms with van der Waals surface area (Å²) in [4.78, 5) is 13.7. The lowest BCUT2D eigenvalue weighted by atomic mass is 9.82. The molecule has 0 radical (unpaired) electrons. The number of hydrogen-bond acceptors (Lipinski definition) is 2. The average Bonchev–Trinajstić information content (AvgIpc) is 2.26. The molecule has 3 nitrogen and oxygen atoms in total. The van der Waals surface area contributed by atoms with Crippen molar-refractivity contribution in [3.63, 3.8) is 0 Å². The van der Waals surface area contributed by atoms with Gasteiger partial charge in [0, 0.05) is 13.1 Å². The molecule has 0 bridgehead atoms. The van der Waals surface area contributed by atoms with Crippen LogP contribution < -0.4 is 0 Å². The monoisotopic (exact) mass is 269 g/mol. The van der Waals surface area contributed by atoms with E-state index < -0.39 is 0 Å². The van der Waals surface area contributed by atoms with Crippen LogP contribution >= 0.6 is 0 Å². The predicted octanol–water partition coefficient (Wildman–Crippen LogP) is 4.48. The Labute approximate surface area is 119 Å². The quantitative estimate of drug-likeness (QED) is 0.608. The largest absolute Gasteiger partial charge is 0.450 e. The van der Waals surface area contributed by atoms with E-state index in [1.807, 2.05) is 13.8 Å². The molecule has 0 saturated carbocycles. The minimum absolute atomic E-state index is 0.0949. The predicted molar refractivity (Wildman–Crippen MR) is 81.3 cm³/mol. The lowest BCUT2D eigenvalue weighted by molar-refractivity contribution is 0.0892. The van der Waals surface area contributed by atoms with Gasteiger partial charge in [-0.15, -0.1) is 0 Å². The summed E-state index contributed by atoms with van der Waals surface area (Å²) < 4.78 is 5.13. The van der Waals surface area contributed by atoms with Crippen molar-refractivity contribution >= 4 is 6.09 Å². The van der Waals surface area contributed by atoms with Crippen molar-refractivity contribution in [1.29, 1.82) is 0 Å². The highest BCUT2D eigenvalue weighted by molar-refractivity contribution is 5.68. The molecule has 0 saturated heterocycles. The Bertz CT molecular complexity index is 297. The number of ether oxygens (including phenoxy) is 1. The molecule has 112 valence electrons. The van der Waals surface area contributed by atoms with E-state index in [0.29, 0.717) is 25.6 Å². The third-order valence-electron chi connectivity index (χ3n) is 3.20. The van der Waals surface area contributed by atoms with Crippen LogP contribution in [0.3, 0.4) is 0 Å². The molecule has 19 heavy (non-hydrogen) atoms. The van der Waals surface area contributed by atoms with Crippen molar-refractivity contribution in [2.24, 2.45) is 11.3 Å². The number of amides is 1. The Balaban J connectivity index is 4.69. The lowest BCUT2D eigenvalue weighted by Gasteiger charge is -2.34. The fourth-order valence-electron chi connectivity index (χ4n) is 2.39. The second-order valence-electron chi connectivity index (χ2n) is 6.39. The summed E-state index contributed by atoms with van der Waals surface area (Å²) in [6.45, 7) is 18.3. The van der Waals surface area contributed by atoms with Crippen LogP contribution in [0.2, 0.25) is 0 Å². The molecular formula is C16H31NO2. The van der Waals surface area contributed by atoms with E-state index in [1.54, 1.807) is 4.90 Å². The molecular weight excluding hydrogens is 238 g/mol. The van der Waals surface area contributed by atoms with Crippen molar-refractivity contribution in [2.75, 3.05) is 19.7 Å². The SMILES string of the molecule is C=C(C)CN(CC(C)(C)CC(C)CC)C(=O)OCC. The maximum atomic E-state index is 12.0. The molecule has 0 aliphatic carbocycles. The van der Waals surface area contributed by atoms with Crippen LogP contribution in [0.1, 0.15) is 54.4 Å². The second kappa shape index (κ2) is 8.23. The first-order valence-corrected chi connectivity index (χ1v) is 7.28. The van der Waals surface area contributed by atoms with Crippen molar-refractivity contribution in [3.05, 3.63) is 12.2 Å². The van der Waals surface area contributed by atoms with Gasteiger partial charge in [-0.05, 0) is 31.6 Å². The van der Waals surface area contributed by atoms with Gasteiger partial charge in [-0.3, -0.25) is 0 Å². The Morgan fingerprint density at radius 2 is 1.95 bits per heavy atom. The van der Waals surface area contributed by atoms with Gasteiger partial charge in [-0.25, -0.2) is 4.79 Å². The third-order valence-corrected chi connectivity index (χ3v) is 3.20. The van der Waals surface area contributed by atoms with Crippen LogP contribution in [-0.2, 0) is 4.74 Å². The molecule has 0 aliphatic heterocycles.